The van der Waals surface area contributed by atoms with Crippen LogP contribution in [0.4, 0.5) is 11.5 Å². The van der Waals surface area contributed by atoms with Crippen LogP contribution in [0.3, 0.4) is 0 Å². The Labute approximate surface area is 176 Å². The summed E-state index contributed by atoms with van der Waals surface area (Å²) in [6.07, 6.45) is 2.66. The van der Waals surface area contributed by atoms with Gasteiger partial charge in [0.25, 0.3) is 0 Å². The fourth-order valence-electron chi connectivity index (χ4n) is 3.95. The van der Waals surface area contributed by atoms with Gasteiger partial charge in [-0.1, -0.05) is 6.07 Å². The molecule has 1 saturated heterocycles. The molecule has 3 N–H and O–H groups in total. The number of rotatable bonds is 6. The van der Waals surface area contributed by atoms with E-state index >= 15 is 0 Å². The Morgan fingerprint density at radius 2 is 1.97 bits per heavy atom. The summed E-state index contributed by atoms with van der Waals surface area (Å²) in [6.45, 7) is 4.06. The van der Waals surface area contributed by atoms with Gasteiger partial charge in [-0.05, 0) is 81.9 Å². The molecular formula is C23H27N5O2. The Morgan fingerprint density at radius 3 is 2.60 bits per heavy atom. The molecule has 0 atom stereocenters. The number of aromatic nitrogens is 2. The summed E-state index contributed by atoms with van der Waals surface area (Å²) in [7, 11) is 2.15. The van der Waals surface area contributed by atoms with Crippen molar-refractivity contribution >= 4 is 17.4 Å². The normalized spacial score (nSPS) is 15.3. The fraction of sp³-hybridized carbons (Fsp3) is 0.348. The number of benzene rings is 1. The van der Waals surface area contributed by atoms with Crippen LogP contribution in [0.5, 0.6) is 0 Å². The molecule has 156 valence electrons. The average molecular weight is 406 g/mol. The second kappa shape index (κ2) is 8.67. The number of hydrogen-bond donors (Lipinski definition) is 2. The van der Waals surface area contributed by atoms with Crippen LogP contribution in [-0.4, -0.2) is 41.1 Å². The minimum absolute atomic E-state index is 0.455. The maximum atomic E-state index is 12.0. The second-order valence-electron chi connectivity index (χ2n) is 7.93. The number of furan rings is 1. The molecule has 30 heavy (non-hydrogen) atoms. The number of nitrogens with two attached hydrogens (primary N) is 1. The van der Waals surface area contributed by atoms with Crippen molar-refractivity contribution in [2.75, 3.05) is 25.5 Å². The summed E-state index contributed by atoms with van der Waals surface area (Å²) in [5.74, 6) is 2.21. The van der Waals surface area contributed by atoms with Crippen molar-refractivity contribution in [2.24, 2.45) is 5.73 Å². The van der Waals surface area contributed by atoms with Crippen molar-refractivity contribution in [3.63, 3.8) is 0 Å². The molecule has 0 saturated carbocycles. The van der Waals surface area contributed by atoms with Gasteiger partial charge in [-0.3, -0.25) is 4.79 Å². The molecule has 1 aliphatic heterocycles. The first kappa shape index (κ1) is 20.1. The summed E-state index contributed by atoms with van der Waals surface area (Å²) in [5, 5.41) is 12.1. The van der Waals surface area contributed by atoms with E-state index < -0.39 is 5.91 Å². The minimum Gasteiger partial charge on any atom is -0.466 e. The molecule has 0 unspecified atom stereocenters. The third-order valence-electron chi connectivity index (χ3n) is 5.67. The van der Waals surface area contributed by atoms with Crippen molar-refractivity contribution in [2.45, 2.75) is 32.1 Å². The Balaban J connectivity index is 1.56. The summed E-state index contributed by atoms with van der Waals surface area (Å²) >= 11 is 0. The molecule has 3 aromatic rings. The molecule has 7 heteroatoms. The molecule has 0 aliphatic carbocycles. The molecule has 0 bridgehead atoms. The number of anilines is 2. The van der Waals surface area contributed by atoms with Crippen LogP contribution in [0, 0.1) is 6.92 Å². The third-order valence-corrected chi connectivity index (χ3v) is 5.67. The first-order valence-electron chi connectivity index (χ1n) is 10.3. The number of amides is 1. The molecule has 3 heterocycles. The number of carbonyl (C=O) groups excluding carboxylic acids is 1. The number of likely N-dealkylation sites (tertiary alicyclic amines) is 1. The van der Waals surface area contributed by atoms with Crippen molar-refractivity contribution < 1.29 is 9.21 Å². The van der Waals surface area contributed by atoms with E-state index in [2.05, 4.69) is 27.5 Å². The molecule has 1 amide bonds. The number of primary amides is 1. The molecule has 1 aliphatic rings. The lowest BCUT2D eigenvalue weighted by atomic mass is 9.94. The Morgan fingerprint density at radius 1 is 1.17 bits per heavy atom. The number of carbonyl (C=O) groups is 1. The van der Waals surface area contributed by atoms with E-state index in [9.17, 15) is 4.79 Å². The highest BCUT2D eigenvalue weighted by molar-refractivity contribution is 5.96. The largest absolute Gasteiger partial charge is 0.466 e. The maximum Gasteiger partial charge on any atom is 0.249 e. The number of hydrogen-bond acceptors (Lipinski definition) is 6. The monoisotopic (exact) mass is 405 g/mol. The first-order valence-corrected chi connectivity index (χ1v) is 10.3. The first-order chi connectivity index (χ1) is 14.5. The Hall–Kier alpha value is -3.19. The molecular weight excluding hydrogens is 378 g/mol. The van der Waals surface area contributed by atoms with Crippen molar-refractivity contribution in [3.05, 3.63) is 70.8 Å². The lowest BCUT2D eigenvalue weighted by molar-refractivity contribution is 0.0999. The smallest absolute Gasteiger partial charge is 0.249 e. The summed E-state index contributed by atoms with van der Waals surface area (Å²) in [4.78, 5) is 14.3. The van der Waals surface area contributed by atoms with Gasteiger partial charge in [-0.2, -0.15) is 5.10 Å². The predicted molar refractivity (Wildman–Crippen MR) is 116 cm³/mol. The summed E-state index contributed by atoms with van der Waals surface area (Å²) in [6, 6.07) is 13.2. The lowest BCUT2D eigenvalue weighted by Gasteiger charge is -2.28. The van der Waals surface area contributed by atoms with Gasteiger partial charge in [-0.15, -0.1) is 5.10 Å². The molecule has 0 spiro atoms. The van der Waals surface area contributed by atoms with Gasteiger partial charge < -0.3 is 20.4 Å². The van der Waals surface area contributed by atoms with Crippen LogP contribution in [-0.2, 0) is 6.42 Å². The number of aryl methyl sites for hydroxylation is 1. The van der Waals surface area contributed by atoms with Gasteiger partial charge in [0.1, 0.15) is 11.5 Å². The van der Waals surface area contributed by atoms with Crippen LogP contribution < -0.4 is 11.1 Å². The van der Waals surface area contributed by atoms with Gasteiger partial charge in [0.15, 0.2) is 5.82 Å². The molecule has 0 radical (unpaired) electrons. The maximum absolute atomic E-state index is 12.0. The summed E-state index contributed by atoms with van der Waals surface area (Å²) in [5.41, 5.74) is 8.66. The number of nitrogens with one attached hydrogen (secondary N) is 1. The van der Waals surface area contributed by atoms with E-state index in [1.54, 1.807) is 12.1 Å². The summed E-state index contributed by atoms with van der Waals surface area (Å²) < 4.78 is 5.71. The van der Waals surface area contributed by atoms with Crippen LogP contribution in [0.2, 0.25) is 0 Å². The highest BCUT2D eigenvalue weighted by atomic mass is 16.3. The standard InChI is InChI=1S/C23H27N5O2/c1-15-6-7-17(30-15)14-19-18(23(24)29)4-3-5-21(19)25-22-9-8-20(26-27-22)16-10-12-28(2)13-11-16/h3-9,16H,10-14H2,1-2H3,(H2,24,29)(H,25,27). The van der Waals surface area contributed by atoms with Crippen LogP contribution in [0.25, 0.3) is 0 Å². The second-order valence-corrected chi connectivity index (χ2v) is 7.93. The van der Waals surface area contributed by atoms with Gasteiger partial charge >= 0.3 is 0 Å². The Bertz CT molecular complexity index is 1020. The van der Waals surface area contributed by atoms with Crippen molar-refractivity contribution in [1.29, 1.82) is 0 Å². The van der Waals surface area contributed by atoms with E-state index in [1.807, 2.05) is 37.3 Å². The van der Waals surface area contributed by atoms with Crippen molar-refractivity contribution in [3.8, 4) is 0 Å². The van der Waals surface area contributed by atoms with Gasteiger partial charge in [0.05, 0.1) is 5.69 Å². The van der Waals surface area contributed by atoms with Gasteiger partial charge in [0, 0.05) is 23.6 Å². The zero-order valence-corrected chi connectivity index (χ0v) is 17.4. The quantitative estimate of drug-likeness (QED) is 0.650. The Kier molecular flexibility index (Phi) is 5.81. The predicted octanol–water partition coefficient (Wildman–Crippen LogP) is 3.62. The van der Waals surface area contributed by atoms with Crippen LogP contribution >= 0.6 is 0 Å². The molecule has 2 aromatic heterocycles. The SMILES string of the molecule is Cc1ccc(Cc2c(Nc3ccc(C4CCN(C)CC4)nn3)cccc2C(N)=O)o1. The molecule has 1 aromatic carbocycles. The van der Waals surface area contributed by atoms with E-state index in [1.165, 1.54) is 0 Å². The van der Waals surface area contributed by atoms with Gasteiger partial charge in [0.2, 0.25) is 5.91 Å². The van der Waals surface area contributed by atoms with E-state index in [4.69, 9.17) is 10.2 Å². The highest BCUT2D eigenvalue weighted by Crippen LogP contribution is 2.28. The highest BCUT2D eigenvalue weighted by Gasteiger charge is 2.20. The van der Waals surface area contributed by atoms with E-state index in [0.717, 1.165) is 54.4 Å². The van der Waals surface area contributed by atoms with Crippen LogP contribution in [0.1, 0.15) is 51.9 Å². The van der Waals surface area contributed by atoms with Crippen LogP contribution in [0.15, 0.2) is 46.9 Å². The van der Waals surface area contributed by atoms with Gasteiger partial charge in [-0.25, -0.2) is 0 Å². The molecule has 4 rings (SSSR count). The van der Waals surface area contributed by atoms with Crippen molar-refractivity contribution in [1.82, 2.24) is 15.1 Å². The fourth-order valence-corrected chi connectivity index (χ4v) is 3.95. The third kappa shape index (κ3) is 4.52. The zero-order chi connectivity index (χ0) is 21.1. The lowest BCUT2D eigenvalue weighted by Crippen LogP contribution is -2.29. The number of nitrogens with zero attached hydrogens (tertiary/aromatic N) is 3. The van der Waals surface area contributed by atoms with E-state index in [0.29, 0.717) is 23.7 Å². The molecule has 7 nitrogen and oxygen atoms in total. The number of piperidine rings is 1. The molecule has 1 fully saturated rings. The van der Waals surface area contributed by atoms with E-state index in [-0.39, 0.29) is 0 Å². The average Bonchev–Trinajstić information content (AvgIpc) is 3.15. The minimum atomic E-state index is -0.472. The zero-order valence-electron chi connectivity index (χ0n) is 17.4. The topological polar surface area (TPSA) is 97.3 Å².